The van der Waals surface area contributed by atoms with Crippen molar-refractivity contribution in [1.29, 1.82) is 0 Å². The van der Waals surface area contributed by atoms with E-state index in [1.165, 1.54) is 0 Å². The lowest BCUT2D eigenvalue weighted by Crippen LogP contribution is -2.38. The Labute approximate surface area is 131 Å². The fourth-order valence-corrected chi connectivity index (χ4v) is 2.57. The molecule has 0 radical (unpaired) electrons. The molecule has 2 heterocycles. The summed E-state index contributed by atoms with van der Waals surface area (Å²) < 4.78 is 18.7. The number of allylic oxidation sites excluding steroid dienone is 1. The van der Waals surface area contributed by atoms with Crippen molar-refractivity contribution in [3.8, 4) is 6.01 Å². The SMILES string of the molecule is C=CCC[C@H](CN1CCCN(C)CC1)Oc1ncc(F)cn1. The van der Waals surface area contributed by atoms with E-state index in [1.54, 1.807) is 0 Å². The standard InChI is InChI=1S/C16H25FN4O/c1-3-4-6-15(22-16-18-11-14(17)12-19-16)13-21-8-5-7-20(2)9-10-21/h3,11-12,15H,1,4-10,13H2,2H3/t15-/m1/s1. The molecule has 0 amide bonds. The molecule has 2 rings (SSSR count). The Morgan fingerprint density at radius 3 is 2.82 bits per heavy atom. The maximum atomic E-state index is 12.9. The summed E-state index contributed by atoms with van der Waals surface area (Å²) >= 11 is 0. The zero-order chi connectivity index (χ0) is 15.8. The third kappa shape index (κ3) is 5.69. The van der Waals surface area contributed by atoms with Gasteiger partial charge >= 0.3 is 6.01 Å². The van der Waals surface area contributed by atoms with Gasteiger partial charge in [-0.25, -0.2) is 14.4 Å². The highest BCUT2D eigenvalue weighted by Crippen LogP contribution is 2.12. The number of hydrogen-bond acceptors (Lipinski definition) is 5. The molecule has 1 aromatic rings. The smallest absolute Gasteiger partial charge is 0.316 e. The Bertz CT molecular complexity index is 454. The van der Waals surface area contributed by atoms with Crippen LogP contribution in [0.1, 0.15) is 19.3 Å². The largest absolute Gasteiger partial charge is 0.459 e. The van der Waals surface area contributed by atoms with E-state index in [1.807, 2.05) is 6.08 Å². The van der Waals surface area contributed by atoms with E-state index >= 15 is 0 Å². The monoisotopic (exact) mass is 308 g/mol. The third-order valence-corrected chi connectivity index (χ3v) is 3.84. The maximum absolute atomic E-state index is 12.9. The molecule has 0 spiro atoms. The molecule has 22 heavy (non-hydrogen) atoms. The molecule has 1 saturated heterocycles. The maximum Gasteiger partial charge on any atom is 0.316 e. The molecule has 0 N–H and O–H groups in total. The van der Waals surface area contributed by atoms with Crippen molar-refractivity contribution in [2.45, 2.75) is 25.4 Å². The van der Waals surface area contributed by atoms with Crippen molar-refractivity contribution in [2.24, 2.45) is 0 Å². The van der Waals surface area contributed by atoms with Crippen LogP contribution in [-0.4, -0.2) is 65.6 Å². The van der Waals surface area contributed by atoms with E-state index < -0.39 is 5.82 Å². The van der Waals surface area contributed by atoms with Gasteiger partial charge in [0.15, 0.2) is 5.82 Å². The van der Waals surface area contributed by atoms with Gasteiger partial charge in [0.05, 0.1) is 12.4 Å². The zero-order valence-corrected chi connectivity index (χ0v) is 13.2. The Balaban J connectivity index is 1.92. The molecule has 1 aromatic heterocycles. The second-order valence-electron chi connectivity index (χ2n) is 5.75. The van der Waals surface area contributed by atoms with Crippen LogP contribution in [0.4, 0.5) is 4.39 Å². The first kappa shape index (κ1) is 16.8. The summed E-state index contributed by atoms with van der Waals surface area (Å²) in [5.74, 6) is -0.453. The molecule has 122 valence electrons. The Kier molecular flexibility index (Phi) is 6.74. The van der Waals surface area contributed by atoms with Gasteiger partial charge in [0.25, 0.3) is 0 Å². The summed E-state index contributed by atoms with van der Waals surface area (Å²) in [7, 11) is 2.15. The topological polar surface area (TPSA) is 41.5 Å². The van der Waals surface area contributed by atoms with Gasteiger partial charge in [-0.1, -0.05) is 6.08 Å². The van der Waals surface area contributed by atoms with Gasteiger partial charge in [-0.2, -0.15) is 0 Å². The van der Waals surface area contributed by atoms with Gasteiger partial charge in [-0.15, -0.1) is 6.58 Å². The normalized spacial score (nSPS) is 18.6. The summed E-state index contributed by atoms with van der Waals surface area (Å²) in [6.45, 7) is 8.92. The highest BCUT2D eigenvalue weighted by molar-refractivity contribution is 4.96. The number of likely N-dealkylation sites (N-methyl/N-ethyl adjacent to an activating group) is 1. The third-order valence-electron chi connectivity index (χ3n) is 3.84. The number of aromatic nitrogens is 2. The van der Waals surface area contributed by atoms with Crippen molar-refractivity contribution >= 4 is 0 Å². The minimum atomic E-state index is -0.453. The van der Waals surface area contributed by atoms with E-state index in [-0.39, 0.29) is 12.1 Å². The lowest BCUT2D eigenvalue weighted by atomic mass is 10.2. The second kappa shape index (κ2) is 8.80. The van der Waals surface area contributed by atoms with Gasteiger partial charge in [0, 0.05) is 19.6 Å². The summed E-state index contributed by atoms with van der Waals surface area (Å²) in [4.78, 5) is 12.5. The van der Waals surface area contributed by atoms with Gasteiger partial charge in [0.2, 0.25) is 0 Å². The molecular formula is C16H25FN4O. The Hall–Kier alpha value is -1.53. The van der Waals surface area contributed by atoms with E-state index in [0.717, 1.165) is 64.4 Å². The molecule has 0 unspecified atom stereocenters. The van der Waals surface area contributed by atoms with E-state index in [2.05, 4.69) is 33.4 Å². The molecule has 1 fully saturated rings. The number of ether oxygens (including phenoxy) is 1. The molecule has 0 aliphatic carbocycles. The van der Waals surface area contributed by atoms with Crippen LogP contribution >= 0.6 is 0 Å². The fourth-order valence-electron chi connectivity index (χ4n) is 2.57. The first-order valence-electron chi connectivity index (χ1n) is 7.83. The van der Waals surface area contributed by atoms with Crippen LogP contribution < -0.4 is 4.74 Å². The highest BCUT2D eigenvalue weighted by atomic mass is 19.1. The van der Waals surface area contributed by atoms with Crippen LogP contribution in [0.2, 0.25) is 0 Å². The molecule has 5 nitrogen and oxygen atoms in total. The van der Waals surface area contributed by atoms with E-state index in [4.69, 9.17) is 4.74 Å². The van der Waals surface area contributed by atoms with Crippen molar-refractivity contribution in [3.63, 3.8) is 0 Å². The predicted molar refractivity (Wildman–Crippen MR) is 84.4 cm³/mol. The average molecular weight is 308 g/mol. The van der Waals surface area contributed by atoms with Crippen molar-refractivity contribution in [1.82, 2.24) is 19.8 Å². The molecule has 1 aliphatic rings. The molecule has 6 heteroatoms. The second-order valence-corrected chi connectivity index (χ2v) is 5.75. The van der Waals surface area contributed by atoms with Crippen molar-refractivity contribution in [2.75, 3.05) is 39.8 Å². The summed E-state index contributed by atoms with van der Waals surface area (Å²) in [5, 5.41) is 0. The Morgan fingerprint density at radius 1 is 1.32 bits per heavy atom. The van der Waals surface area contributed by atoms with Crippen molar-refractivity contribution in [3.05, 3.63) is 30.9 Å². The minimum absolute atomic E-state index is 0.00753. The minimum Gasteiger partial charge on any atom is -0.459 e. The number of nitrogens with zero attached hydrogens (tertiary/aromatic N) is 4. The molecule has 1 aliphatic heterocycles. The molecule has 0 bridgehead atoms. The van der Waals surface area contributed by atoms with Gasteiger partial charge in [-0.05, 0) is 39.4 Å². The quantitative estimate of drug-likeness (QED) is 0.720. The van der Waals surface area contributed by atoms with Gasteiger partial charge in [-0.3, -0.25) is 4.90 Å². The lowest BCUT2D eigenvalue weighted by molar-refractivity contribution is 0.118. The highest BCUT2D eigenvalue weighted by Gasteiger charge is 2.19. The summed E-state index contributed by atoms with van der Waals surface area (Å²) in [6, 6.07) is 0.238. The van der Waals surface area contributed by atoms with Crippen LogP contribution in [0.25, 0.3) is 0 Å². The van der Waals surface area contributed by atoms with Crippen LogP contribution in [0.3, 0.4) is 0 Å². The van der Waals surface area contributed by atoms with Gasteiger partial charge < -0.3 is 9.64 Å². The molecule has 0 saturated carbocycles. The van der Waals surface area contributed by atoms with Crippen LogP contribution in [0, 0.1) is 5.82 Å². The van der Waals surface area contributed by atoms with Crippen LogP contribution in [0.15, 0.2) is 25.0 Å². The van der Waals surface area contributed by atoms with Crippen molar-refractivity contribution < 1.29 is 9.13 Å². The van der Waals surface area contributed by atoms with Crippen LogP contribution in [-0.2, 0) is 0 Å². The number of rotatable bonds is 7. The van der Waals surface area contributed by atoms with E-state index in [9.17, 15) is 4.39 Å². The van der Waals surface area contributed by atoms with E-state index in [0.29, 0.717) is 0 Å². The summed E-state index contributed by atoms with van der Waals surface area (Å²) in [5.41, 5.74) is 0. The predicted octanol–water partition coefficient (Wildman–Crippen LogP) is 1.97. The zero-order valence-electron chi connectivity index (χ0n) is 13.2. The first-order valence-corrected chi connectivity index (χ1v) is 7.83. The first-order chi connectivity index (χ1) is 10.7. The molecule has 1 atom stereocenters. The summed E-state index contributed by atoms with van der Waals surface area (Å²) in [6.07, 6.45) is 7.04. The lowest BCUT2D eigenvalue weighted by Gasteiger charge is -2.26. The fraction of sp³-hybridized carbons (Fsp3) is 0.625. The molecule has 0 aromatic carbocycles. The molecular weight excluding hydrogens is 283 g/mol. The number of halogens is 1. The number of hydrogen-bond donors (Lipinski definition) is 0. The Morgan fingerprint density at radius 2 is 2.09 bits per heavy atom. The average Bonchev–Trinajstić information content (AvgIpc) is 2.72. The van der Waals surface area contributed by atoms with Gasteiger partial charge in [0.1, 0.15) is 6.10 Å². The van der Waals surface area contributed by atoms with Crippen LogP contribution in [0.5, 0.6) is 6.01 Å².